The zero-order chi connectivity index (χ0) is 36.3. The predicted molar refractivity (Wildman–Crippen MR) is 184 cm³/mol. The Bertz CT molecular complexity index is 1950. The summed E-state index contributed by atoms with van der Waals surface area (Å²) in [6.07, 6.45) is -2.98. The van der Waals surface area contributed by atoms with Gasteiger partial charge in [-0.1, -0.05) is 52.5 Å². The number of alkyl halides is 6. The molecule has 0 fully saturated rings. The Labute approximate surface area is 305 Å². The maximum Gasteiger partial charge on any atom is 0.417 e. The number of thiophene rings is 1. The molecule has 0 saturated heterocycles. The number of aliphatic hydroxyl groups excluding tert-OH is 1. The van der Waals surface area contributed by atoms with E-state index in [2.05, 4.69) is 31.0 Å². The van der Waals surface area contributed by atoms with Crippen molar-refractivity contribution in [2.75, 3.05) is 0 Å². The van der Waals surface area contributed by atoms with Crippen molar-refractivity contribution >= 4 is 49.1 Å². The zero-order valence-corrected chi connectivity index (χ0v) is 31.8. The van der Waals surface area contributed by atoms with E-state index in [0.717, 1.165) is 47.1 Å². The van der Waals surface area contributed by atoms with Crippen molar-refractivity contribution in [1.82, 2.24) is 4.98 Å². The Balaban J connectivity index is 0.000000361. The van der Waals surface area contributed by atoms with Gasteiger partial charge in [-0.15, -0.1) is 29.5 Å². The van der Waals surface area contributed by atoms with Gasteiger partial charge in [0, 0.05) is 64.9 Å². The second kappa shape index (κ2) is 16.9. The van der Waals surface area contributed by atoms with Crippen LogP contribution in [0.5, 0.6) is 0 Å². The third-order valence-electron chi connectivity index (χ3n) is 8.59. The molecule has 0 aliphatic heterocycles. The number of hydrogen-bond acceptors (Lipinski definition) is 5. The van der Waals surface area contributed by atoms with Gasteiger partial charge in [0.2, 0.25) is 0 Å². The minimum atomic E-state index is -5.19. The molecule has 1 N–H and O–H groups in total. The molecule has 0 atom stereocenters. The fourth-order valence-corrected chi connectivity index (χ4v) is 7.27. The number of halogens is 6. The number of ketones is 1. The number of nitrogens with zero attached hydrogens (tertiary/aromatic N) is 1. The molecule has 0 saturated carbocycles. The van der Waals surface area contributed by atoms with Crippen molar-refractivity contribution in [3.63, 3.8) is 0 Å². The second-order valence-corrected chi connectivity index (χ2v) is 13.6. The van der Waals surface area contributed by atoms with E-state index in [4.69, 9.17) is 4.42 Å². The monoisotopic (exact) mass is 897 g/mol. The average Bonchev–Trinajstić information content (AvgIpc) is 3.61. The molecule has 0 spiro atoms. The predicted octanol–water partition coefficient (Wildman–Crippen LogP) is 12.8. The van der Waals surface area contributed by atoms with Gasteiger partial charge in [-0.25, -0.2) is 0 Å². The summed E-state index contributed by atoms with van der Waals surface area (Å²) in [6, 6.07) is 10.9. The number of aromatic nitrogens is 1. The maximum absolute atomic E-state index is 13.5. The molecule has 50 heavy (non-hydrogen) atoms. The molecule has 5 rings (SSSR count). The molecule has 1 radical (unpaired) electrons. The summed E-state index contributed by atoms with van der Waals surface area (Å²) < 4.78 is 87.3. The molecular formula is C38H40F6IrNO3S-. The maximum atomic E-state index is 13.5. The number of hydrogen-bond donors (Lipinski definition) is 1. The van der Waals surface area contributed by atoms with Gasteiger partial charge >= 0.3 is 12.4 Å². The van der Waals surface area contributed by atoms with Gasteiger partial charge in [0.05, 0.1) is 22.5 Å². The van der Waals surface area contributed by atoms with Gasteiger partial charge in [-0.2, -0.15) is 26.3 Å². The molecule has 2 aromatic carbocycles. The molecule has 4 nitrogen and oxygen atoms in total. The van der Waals surface area contributed by atoms with E-state index in [-0.39, 0.29) is 65.4 Å². The van der Waals surface area contributed by atoms with Gasteiger partial charge in [0.25, 0.3) is 0 Å². The smallest absolute Gasteiger partial charge is 0.417 e. The quantitative estimate of drug-likeness (QED) is 0.0656. The summed E-state index contributed by atoms with van der Waals surface area (Å²) in [6.45, 7) is 12.3. The van der Waals surface area contributed by atoms with Crippen LogP contribution in [0.3, 0.4) is 0 Å². The first-order valence-electron chi connectivity index (χ1n) is 16.4. The molecule has 273 valence electrons. The third-order valence-corrected chi connectivity index (χ3v) is 9.77. The number of carbonyl (C=O) groups excluding carboxylic acids is 1. The van der Waals surface area contributed by atoms with Crippen molar-refractivity contribution in [1.29, 1.82) is 0 Å². The Kier molecular flexibility index (Phi) is 13.9. The van der Waals surface area contributed by atoms with Crippen LogP contribution in [0.1, 0.15) is 83.2 Å². The minimum Gasteiger partial charge on any atom is -0.512 e. The van der Waals surface area contributed by atoms with Crippen LogP contribution in [0, 0.1) is 23.8 Å². The molecular weight excluding hydrogens is 857 g/mol. The van der Waals surface area contributed by atoms with Gasteiger partial charge in [-0.05, 0) is 67.7 Å². The Morgan fingerprint density at radius 3 is 2.08 bits per heavy atom. The number of fused-ring (bicyclic) bond motifs is 4. The number of allylic oxidation sites excluding steroid dienone is 2. The number of carbonyl (C=O) groups is 1. The van der Waals surface area contributed by atoms with Crippen LogP contribution in [0.25, 0.3) is 43.3 Å². The largest absolute Gasteiger partial charge is 0.512 e. The van der Waals surface area contributed by atoms with E-state index in [1.807, 2.05) is 33.8 Å². The third kappa shape index (κ3) is 9.17. The molecule has 3 aromatic heterocycles. The molecule has 0 amide bonds. The van der Waals surface area contributed by atoms with Crippen molar-refractivity contribution in [2.24, 2.45) is 17.8 Å². The van der Waals surface area contributed by atoms with Gasteiger partial charge < -0.3 is 14.5 Å². The average molecular weight is 897 g/mol. The molecule has 0 aliphatic rings. The topological polar surface area (TPSA) is 63.3 Å². The van der Waals surface area contributed by atoms with Gasteiger partial charge in [0.15, 0.2) is 5.78 Å². The second-order valence-electron chi connectivity index (χ2n) is 12.5. The summed E-state index contributed by atoms with van der Waals surface area (Å²) in [5, 5.41) is 10.9. The Morgan fingerprint density at radius 2 is 1.52 bits per heavy atom. The fraction of sp³-hybridized carbons (Fsp3) is 0.421. The van der Waals surface area contributed by atoms with E-state index in [1.54, 1.807) is 17.5 Å². The Hall–Kier alpha value is -3.21. The van der Waals surface area contributed by atoms with Crippen LogP contribution >= 0.6 is 11.3 Å². The van der Waals surface area contributed by atoms with E-state index >= 15 is 0 Å². The standard InChI is InChI=1S/C25H16F6NOS.C13H24O2.Ir/c1-12(2)8-14-9-13-6-7-32-21(23(13)34-14)16-5-3-4-15-17-10-18(24(26,27)28)19(25(29,30)31)11-20(17)33-22(15)16;1-5-10(6-2)12(14)9-13(15)11(7-3)8-4;/h3-4,6-7,9-12H,8H2,1-2H3;9-11,14H,5-8H2,1-4H3;/q-1;;/b;12-9-;. The van der Waals surface area contributed by atoms with Gasteiger partial charge in [0.1, 0.15) is 5.58 Å². The van der Waals surface area contributed by atoms with Crippen LogP contribution in [0.2, 0.25) is 0 Å². The SMILES string of the molecule is CC(C)Cc1cc2ccnc(-c3[c-]ccc4c3oc3cc(C(F)(F)F)c(C(F)(F)F)cc34)c2s1.CCC(CC)C(=O)/C=C(\O)C(CC)CC.[Ir]. The molecule has 5 aromatic rings. The Morgan fingerprint density at radius 1 is 0.920 bits per heavy atom. The number of furan rings is 1. The number of benzene rings is 2. The summed E-state index contributed by atoms with van der Waals surface area (Å²) in [7, 11) is 0. The van der Waals surface area contributed by atoms with Crippen LogP contribution in [-0.2, 0) is 43.7 Å². The zero-order valence-electron chi connectivity index (χ0n) is 28.6. The van der Waals surface area contributed by atoms with Gasteiger partial charge in [-0.3, -0.25) is 4.79 Å². The summed E-state index contributed by atoms with van der Waals surface area (Å²) in [4.78, 5) is 17.3. The van der Waals surface area contributed by atoms with E-state index in [9.17, 15) is 36.2 Å². The van der Waals surface area contributed by atoms with E-state index in [0.29, 0.717) is 29.3 Å². The fourth-order valence-electron chi connectivity index (χ4n) is 5.91. The summed E-state index contributed by atoms with van der Waals surface area (Å²) in [5.74, 6) is 0.992. The summed E-state index contributed by atoms with van der Waals surface area (Å²) >= 11 is 1.55. The molecule has 12 heteroatoms. The van der Waals surface area contributed by atoms with Crippen molar-refractivity contribution in [3.05, 3.63) is 76.5 Å². The molecule has 3 heterocycles. The number of rotatable bonds is 10. The first-order chi connectivity index (χ1) is 23.0. The summed E-state index contributed by atoms with van der Waals surface area (Å²) in [5.41, 5.74) is -2.76. The molecule has 0 bridgehead atoms. The van der Waals surface area contributed by atoms with Crippen molar-refractivity contribution in [2.45, 2.75) is 86.0 Å². The molecule has 0 aliphatic carbocycles. The first-order valence-corrected chi connectivity index (χ1v) is 17.2. The normalized spacial score (nSPS) is 12.7. The first kappa shape index (κ1) is 41.2. The molecule has 0 unspecified atom stereocenters. The van der Waals surface area contributed by atoms with Crippen molar-refractivity contribution < 1.29 is 60.8 Å². The number of pyridine rings is 1. The van der Waals surface area contributed by atoms with Crippen LogP contribution in [-0.4, -0.2) is 15.9 Å². The van der Waals surface area contributed by atoms with Crippen LogP contribution in [0.15, 0.2) is 58.8 Å². The van der Waals surface area contributed by atoms with E-state index in [1.165, 1.54) is 18.2 Å². The van der Waals surface area contributed by atoms with Crippen molar-refractivity contribution in [3.8, 4) is 11.3 Å². The minimum absolute atomic E-state index is 0. The van der Waals surface area contributed by atoms with Crippen LogP contribution in [0.4, 0.5) is 26.3 Å². The van der Waals surface area contributed by atoms with E-state index < -0.39 is 23.5 Å². The number of aliphatic hydroxyl groups is 1. The van der Waals surface area contributed by atoms with Crippen LogP contribution < -0.4 is 0 Å².